The standard InChI is InChI=1S/C27H29N3O3S/c1-3-4-17-33-22-14-10-13-21(18-22)25(31)30-27(34)29-24-16-9-8-15-23(24)26(32)28-19(2)20-11-6-5-7-12-20/h5-16,18-19H,3-4,17H2,1-2H3,(H,28,32)(H2,29,30,31,34). The van der Waals surface area contributed by atoms with Crippen molar-refractivity contribution in [3.8, 4) is 5.75 Å². The number of ether oxygens (including phenoxy) is 1. The number of amides is 2. The van der Waals surface area contributed by atoms with E-state index in [1.807, 2.05) is 43.3 Å². The van der Waals surface area contributed by atoms with Gasteiger partial charge < -0.3 is 15.4 Å². The molecule has 1 unspecified atom stereocenters. The van der Waals surface area contributed by atoms with Crippen LogP contribution in [-0.2, 0) is 0 Å². The summed E-state index contributed by atoms with van der Waals surface area (Å²) in [4.78, 5) is 25.6. The van der Waals surface area contributed by atoms with Crippen LogP contribution >= 0.6 is 12.2 Å². The van der Waals surface area contributed by atoms with E-state index in [0.717, 1.165) is 18.4 Å². The lowest BCUT2D eigenvalue weighted by Gasteiger charge is -2.17. The Morgan fingerprint density at radius 1 is 0.941 bits per heavy atom. The second-order valence-electron chi connectivity index (χ2n) is 7.79. The first-order chi connectivity index (χ1) is 16.5. The highest BCUT2D eigenvalue weighted by Gasteiger charge is 2.16. The van der Waals surface area contributed by atoms with E-state index in [1.165, 1.54) is 0 Å². The molecule has 0 aromatic heterocycles. The second kappa shape index (κ2) is 12.5. The lowest BCUT2D eigenvalue weighted by molar-refractivity contribution is 0.0939. The average Bonchev–Trinajstić information content (AvgIpc) is 2.85. The molecule has 0 fully saturated rings. The number of anilines is 1. The van der Waals surface area contributed by atoms with Crippen molar-refractivity contribution >= 4 is 34.8 Å². The number of rotatable bonds is 9. The summed E-state index contributed by atoms with van der Waals surface area (Å²) in [5, 5.41) is 8.73. The van der Waals surface area contributed by atoms with Crippen LogP contribution in [-0.4, -0.2) is 23.5 Å². The molecule has 0 spiro atoms. The maximum atomic E-state index is 12.9. The molecule has 2 amide bonds. The van der Waals surface area contributed by atoms with Crippen molar-refractivity contribution in [2.24, 2.45) is 0 Å². The minimum Gasteiger partial charge on any atom is -0.494 e. The topological polar surface area (TPSA) is 79.5 Å². The molecule has 7 heteroatoms. The van der Waals surface area contributed by atoms with Gasteiger partial charge in [-0.25, -0.2) is 0 Å². The Hall–Kier alpha value is -3.71. The Kier molecular flexibility index (Phi) is 9.17. The second-order valence-corrected chi connectivity index (χ2v) is 8.20. The number of carbonyl (C=O) groups is 2. The minimum absolute atomic E-state index is 0.0960. The molecule has 0 bridgehead atoms. The van der Waals surface area contributed by atoms with Crippen LogP contribution in [0.4, 0.5) is 5.69 Å². The zero-order chi connectivity index (χ0) is 24.3. The summed E-state index contributed by atoms with van der Waals surface area (Å²) < 4.78 is 5.67. The van der Waals surface area contributed by atoms with E-state index in [1.54, 1.807) is 42.5 Å². The van der Waals surface area contributed by atoms with Crippen molar-refractivity contribution in [1.82, 2.24) is 10.6 Å². The lowest BCUT2D eigenvalue weighted by Crippen LogP contribution is -2.35. The number of para-hydroxylation sites is 1. The Morgan fingerprint density at radius 3 is 2.44 bits per heavy atom. The first kappa shape index (κ1) is 24.9. The minimum atomic E-state index is -0.363. The summed E-state index contributed by atoms with van der Waals surface area (Å²) in [5.74, 6) is 0.0260. The van der Waals surface area contributed by atoms with E-state index in [9.17, 15) is 9.59 Å². The fourth-order valence-electron chi connectivity index (χ4n) is 3.28. The molecule has 0 aliphatic rings. The van der Waals surface area contributed by atoms with Crippen LogP contribution in [0.1, 0.15) is 59.0 Å². The summed E-state index contributed by atoms with van der Waals surface area (Å²) in [6, 6.07) is 23.5. The molecule has 0 saturated heterocycles. The third kappa shape index (κ3) is 7.15. The lowest BCUT2D eigenvalue weighted by atomic mass is 10.1. The predicted octanol–water partition coefficient (Wildman–Crippen LogP) is 5.48. The first-order valence-electron chi connectivity index (χ1n) is 11.3. The molecule has 1 atom stereocenters. The smallest absolute Gasteiger partial charge is 0.257 e. The molecule has 0 aliphatic carbocycles. The van der Waals surface area contributed by atoms with Crippen molar-refractivity contribution in [2.75, 3.05) is 11.9 Å². The van der Waals surface area contributed by atoms with Crippen LogP contribution in [0.25, 0.3) is 0 Å². The van der Waals surface area contributed by atoms with Gasteiger partial charge in [0.1, 0.15) is 5.75 Å². The van der Waals surface area contributed by atoms with Gasteiger partial charge in [0.25, 0.3) is 11.8 Å². The molecular weight excluding hydrogens is 446 g/mol. The number of nitrogens with one attached hydrogen (secondary N) is 3. The zero-order valence-corrected chi connectivity index (χ0v) is 20.2. The number of hydrogen-bond acceptors (Lipinski definition) is 4. The third-order valence-corrected chi connectivity index (χ3v) is 5.36. The van der Waals surface area contributed by atoms with Gasteiger partial charge in [-0.15, -0.1) is 0 Å². The summed E-state index contributed by atoms with van der Waals surface area (Å²) in [6.45, 7) is 4.62. The van der Waals surface area contributed by atoms with E-state index in [4.69, 9.17) is 17.0 Å². The van der Waals surface area contributed by atoms with Crippen LogP contribution in [0.15, 0.2) is 78.9 Å². The molecule has 3 rings (SSSR count). The van der Waals surface area contributed by atoms with E-state index in [2.05, 4.69) is 22.9 Å². The highest BCUT2D eigenvalue weighted by atomic mass is 32.1. The fraction of sp³-hybridized carbons (Fsp3) is 0.222. The van der Waals surface area contributed by atoms with Crippen LogP contribution in [0.3, 0.4) is 0 Å². The highest BCUT2D eigenvalue weighted by molar-refractivity contribution is 7.80. The number of hydrogen-bond donors (Lipinski definition) is 3. The quantitative estimate of drug-likeness (QED) is 0.282. The van der Waals surface area contributed by atoms with Gasteiger partial charge in [0, 0.05) is 5.56 Å². The van der Waals surface area contributed by atoms with Crippen LogP contribution in [0.5, 0.6) is 5.75 Å². The summed E-state index contributed by atoms with van der Waals surface area (Å²) >= 11 is 5.34. The Bertz CT molecular complexity index is 1130. The monoisotopic (exact) mass is 475 g/mol. The Labute approximate surface area is 205 Å². The molecule has 176 valence electrons. The van der Waals surface area contributed by atoms with Gasteiger partial charge in [0.15, 0.2) is 5.11 Å². The normalized spacial score (nSPS) is 11.2. The van der Waals surface area contributed by atoms with Crippen molar-refractivity contribution in [1.29, 1.82) is 0 Å². The molecule has 3 aromatic rings. The predicted molar refractivity (Wildman–Crippen MR) is 139 cm³/mol. The van der Waals surface area contributed by atoms with Gasteiger partial charge >= 0.3 is 0 Å². The van der Waals surface area contributed by atoms with E-state index in [0.29, 0.717) is 29.2 Å². The van der Waals surface area contributed by atoms with Gasteiger partial charge in [-0.2, -0.15) is 0 Å². The SMILES string of the molecule is CCCCOc1cccc(C(=O)NC(=S)Nc2ccccc2C(=O)NC(C)c2ccccc2)c1. The molecule has 34 heavy (non-hydrogen) atoms. The molecule has 3 N–H and O–H groups in total. The Morgan fingerprint density at radius 2 is 1.68 bits per heavy atom. The van der Waals surface area contributed by atoms with Gasteiger partial charge in [0.05, 0.1) is 23.9 Å². The highest BCUT2D eigenvalue weighted by Crippen LogP contribution is 2.18. The van der Waals surface area contributed by atoms with E-state index >= 15 is 0 Å². The van der Waals surface area contributed by atoms with Crippen LogP contribution in [0, 0.1) is 0 Å². The maximum absolute atomic E-state index is 12.9. The molecule has 0 radical (unpaired) electrons. The van der Waals surface area contributed by atoms with Crippen molar-refractivity contribution < 1.29 is 14.3 Å². The van der Waals surface area contributed by atoms with Gasteiger partial charge in [0.2, 0.25) is 0 Å². The molecule has 0 aliphatic heterocycles. The van der Waals surface area contributed by atoms with Crippen LogP contribution < -0.4 is 20.7 Å². The van der Waals surface area contributed by atoms with Gasteiger partial charge in [-0.1, -0.05) is 61.9 Å². The van der Waals surface area contributed by atoms with Crippen LogP contribution in [0.2, 0.25) is 0 Å². The molecule has 6 nitrogen and oxygen atoms in total. The van der Waals surface area contributed by atoms with Gasteiger partial charge in [-0.3, -0.25) is 14.9 Å². The van der Waals surface area contributed by atoms with Crippen molar-refractivity contribution in [3.63, 3.8) is 0 Å². The average molecular weight is 476 g/mol. The number of unbranched alkanes of at least 4 members (excludes halogenated alkanes) is 1. The summed E-state index contributed by atoms with van der Waals surface area (Å²) in [6.07, 6.45) is 1.98. The van der Waals surface area contributed by atoms with E-state index in [-0.39, 0.29) is 23.0 Å². The number of carbonyl (C=O) groups excluding carboxylic acids is 2. The third-order valence-electron chi connectivity index (χ3n) is 5.16. The first-order valence-corrected chi connectivity index (χ1v) is 11.7. The van der Waals surface area contributed by atoms with E-state index < -0.39 is 0 Å². The molecule has 0 saturated carbocycles. The molecular formula is C27H29N3O3S. The van der Waals surface area contributed by atoms with Crippen molar-refractivity contribution in [3.05, 3.63) is 95.6 Å². The number of benzene rings is 3. The summed E-state index contributed by atoms with van der Waals surface area (Å²) in [5.41, 5.74) is 2.36. The fourth-order valence-corrected chi connectivity index (χ4v) is 3.48. The van der Waals surface area contributed by atoms with Crippen molar-refractivity contribution in [2.45, 2.75) is 32.7 Å². The Balaban J connectivity index is 1.63. The zero-order valence-electron chi connectivity index (χ0n) is 19.3. The maximum Gasteiger partial charge on any atom is 0.257 e. The molecule has 3 aromatic carbocycles. The number of thiocarbonyl (C=S) groups is 1. The summed E-state index contributed by atoms with van der Waals surface area (Å²) in [7, 11) is 0. The largest absolute Gasteiger partial charge is 0.494 e. The molecule has 0 heterocycles. The van der Waals surface area contributed by atoms with Gasteiger partial charge in [-0.05, 0) is 61.5 Å².